The molecule has 2 heterocycles. The van der Waals surface area contributed by atoms with E-state index in [0.717, 1.165) is 17.6 Å². The molecule has 200 valence electrons. The number of rotatable bonds is 7. The molecule has 1 N–H and O–H groups in total. The van der Waals surface area contributed by atoms with E-state index >= 15 is 0 Å². The van der Waals surface area contributed by atoms with Gasteiger partial charge in [0.15, 0.2) is 5.16 Å². The first-order chi connectivity index (χ1) is 18.6. The number of aromatic carboxylic acids is 1. The zero-order valence-corrected chi connectivity index (χ0v) is 23.0. The molecule has 0 saturated heterocycles. The molecule has 0 saturated carbocycles. The predicted molar refractivity (Wildman–Crippen MR) is 151 cm³/mol. The van der Waals surface area contributed by atoms with Crippen LogP contribution in [0.25, 0.3) is 22.6 Å². The highest BCUT2D eigenvalue weighted by molar-refractivity contribution is 7.99. The number of nitro benzene ring substituents is 1. The minimum absolute atomic E-state index is 0.0310. The summed E-state index contributed by atoms with van der Waals surface area (Å²) < 4.78 is 1.70. The molecule has 1 unspecified atom stereocenters. The van der Waals surface area contributed by atoms with E-state index in [0.29, 0.717) is 50.6 Å². The summed E-state index contributed by atoms with van der Waals surface area (Å²) in [6.07, 6.45) is 5.71. The molecule has 1 aliphatic rings. The van der Waals surface area contributed by atoms with Gasteiger partial charge in [0.1, 0.15) is 6.33 Å². The van der Waals surface area contributed by atoms with Crippen molar-refractivity contribution in [3.05, 3.63) is 81.3 Å². The van der Waals surface area contributed by atoms with E-state index in [1.807, 2.05) is 30.3 Å². The summed E-state index contributed by atoms with van der Waals surface area (Å²) in [4.78, 5) is 29.6. The highest BCUT2D eigenvalue weighted by Gasteiger charge is 2.36. The van der Waals surface area contributed by atoms with Crippen molar-refractivity contribution in [3.8, 4) is 0 Å². The monoisotopic (exact) mass is 543 g/mol. The second-order valence-electron chi connectivity index (χ2n) is 10.6. The fraction of sp³-hybridized carbons (Fsp3) is 0.310. The molecule has 0 amide bonds. The molecule has 5 rings (SSSR count). The standard InChI is InChI=1S/C29H29N5O4S/c1-5-29(2,3)19-14-18(26-21(15-19)25(27(35)36)20-8-6-7-9-22(20)31-26)12-17-10-11-24(23(13-17)34(37)38)39-28-32-30-16-33(28)4/h6-13,16,19H,5,14-15H2,1-4H3,(H,35,36). The Morgan fingerprint density at radius 2 is 2.03 bits per heavy atom. The molecule has 0 radical (unpaired) electrons. The van der Waals surface area contributed by atoms with Crippen LogP contribution in [0, 0.1) is 21.4 Å². The van der Waals surface area contributed by atoms with Crippen molar-refractivity contribution in [2.24, 2.45) is 18.4 Å². The Labute approximate surface area is 230 Å². The molecule has 0 aliphatic heterocycles. The largest absolute Gasteiger partial charge is 0.478 e. The Hall–Kier alpha value is -4.05. The Balaban J connectivity index is 1.67. The Morgan fingerprint density at radius 1 is 1.26 bits per heavy atom. The van der Waals surface area contributed by atoms with Crippen LogP contribution < -0.4 is 0 Å². The van der Waals surface area contributed by atoms with Gasteiger partial charge in [-0.3, -0.25) is 10.1 Å². The highest BCUT2D eigenvalue weighted by Crippen LogP contribution is 2.46. The van der Waals surface area contributed by atoms with E-state index in [9.17, 15) is 20.0 Å². The number of fused-ring (bicyclic) bond motifs is 2. The van der Waals surface area contributed by atoms with Crippen LogP contribution in [0.15, 0.2) is 58.8 Å². The SMILES string of the molecule is CCC(C)(C)C1CC(=Cc2ccc(Sc3nncn3C)c([N+](=O)[O-])c2)c2nc3ccccc3c(C(=O)O)c2C1. The maximum atomic E-state index is 12.6. The molecule has 10 heteroatoms. The number of nitro groups is 1. The lowest BCUT2D eigenvalue weighted by Gasteiger charge is -2.38. The molecule has 39 heavy (non-hydrogen) atoms. The van der Waals surface area contributed by atoms with Crippen molar-refractivity contribution in [1.82, 2.24) is 19.7 Å². The van der Waals surface area contributed by atoms with Crippen LogP contribution in [0.2, 0.25) is 0 Å². The summed E-state index contributed by atoms with van der Waals surface area (Å²) >= 11 is 1.18. The fourth-order valence-corrected chi connectivity index (χ4v) is 5.98. The first kappa shape index (κ1) is 26.6. The summed E-state index contributed by atoms with van der Waals surface area (Å²) in [5.41, 5.74) is 3.78. The topological polar surface area (TPSA) is 124 Å². The van der Waals surface area contributed by atoms with Crippen LogP contribution in [0.5, 0.6) is 0 Å². The lowest BCUT2D eigenvalue weighted by molar-refractivity contribution is -0.387. The smallest absolute Gasteiger partial charge is 0.336 e. The zero-order chi connectivity index (χ0) is 27.9. The number of para-hydroxylation sites is 1. The second kappa shape index (κ2) is 10.3. The van der Waals surface area contributed by atoms with Crippen molar-refractivity contribution in [1.29, 1.82) is 0 Å². The molecule has 0 fully saturated rings. The van der Waals surface area contributed by atoms with Crippen LogP contribution in [0.4, 0.5) is 5.69 Å². The van der Waals surface area contributed by atoms with E-state index < -0.39 is 10.9 Å². The minimum atomic E-state index is -0.972. The van der Waals surface area contributed by atoms with Gasteiger partial charge < -0.3 is 9.67 Å². The Bertz CT molecular complexity index is 1640. The van der Waals surface area contributed by atoms with Crippen LogP contribution in [-0.4, -0.2) is 35.7 Å². The number of carboxylic acid groups (broad SMARTS) is 1. The summed E-state index contributed by atoms with van der Waals surface area (Å²) in [5.74, 6) is -0.789. The van der Waals surface area contributed by atoms with E-state index in [-0.39, 0.29) is 17.0 Å². The lowest BCUT2D eigenvalue weighted by atomic mass is 9.67. The maximum absolute atomic E-state index is 12.6. The Morgan fingerprint density at radius 3 is 2.69 bits per heavy atom. The first-order valence-electron chi connectivity index (χ1n) is 12.7. The van der Waals surface area contributed by atoms with Gasteiger partial charge in [0, 0.05) is 18.5 Å². The zero-order valence-electron chi connectivity index (χ0n) is 22.2. The average Bonchev–Trinajstić information content (AvgIpc) is 3.31. The first-order valence-corrected chi connectivity index (χ1v) is 13.6. The van der Waals surface area contributed by atoms with Gasteiger partial charge in [0.25, 0.3) is 5.69 Å². The van der Waals surface area contributed by atoms with Crippen LogP contribution in [0.1, 0.15) is 60.8 Å². The number of benzene rings is 2. The summed E-state index contributed by atoms with van der Waals surface area (Å²) in [7, 11) is 1.78. The van der Waals surface area contributed by atoms with Gasteiger partial charge in [-0.1, -0.05) is 51.5 Å². The second-order valence-corrected chi connectivity index (χ2v) is 11.6. The number of hydrogen-bond acceptors (Lipinski definition) is 7. The van der Waals surface area contributed by atoms with Crippen LogP contribution in [-0.2, 0) is 13.5 Å². The third-order valence-electron chi connectivity index (χ3n) is 7.84. The van der Waals surface area contributed by atoms with Gasteiger partial charge in [-0.15, -0.1) is 10.2 Å². The summed E-state index contributed by atoms with van der Waals surface area (Å²) in [6.45, 7) is 6.56. The number of nitrogens with zero attached hydrogens (tertiary/aromatic N) is 5. The molecule has 1 atom stereocenters. The van der Waals surface area contributed by atoms with Gasteiger partial charge in [0.2, 0.25) is 0 Å². The van der Waals surface area contributed by atoms with Gasteiger partial charge in [-0.2, -0.15) is 0 Å². The third-order valence-corrected chi connectivity index (χ3v) is 8.95. The number of carbonyl (C=O) groups is 1. The number of hydrogen-bond donors (Lipinski definition) is 1. The highest BCUT2D eigenvalue weighted by atomic mass is 32.2. The van der Waals surface area contributed by atoms with Crippen molar-refractivity contribution >= 4 is 46.0 Å². The Kier molecular flexibility index (Phi) is 6.98. The molecule has 9 nitrogen and oxygen atoms in total. The average molecular weight is 544 g/mol. The fourth-order valence-electron chi connectivity index (χ4n) is 5.13. The van der Waals surface area contributed by atoms with Gasteiger partial charge in [-0.25, -0.2) is 9.78 Å². The van der Waals surface area contributed by atoms with Gasteiger partial charge in [0.05, 0.1) is 26.6 Å². The number of allylic oxidation sites excluding steroid dienone is 1. The number of aromatic nitrogens is 4. The molecule has 0 spiro atoms. The summed E-state index contributed by atoms with van der Waals surface area (Å²) in [6, 6.07) is 12.4. The van der Waals surface area contributed by atoms with Crippen molar-refractivity contribution < 1.29 is 14.8 Å². The lowest BCUT2D eigenvalue weighted by Crippen LogP contribution is -2.30. The number of pyridine rings is 1. The van der Waals surface area contributed by atoms with Gasteiger partial charge in [-0.05, 0) is 70.8 Å². The van der Waals surface area contributed by atoms with E-state index in [2.05, 4.69) is 31.0 Å². The van der Waals surface area contributed by atoms with E-state index in [1.54, 1.807) is 36.1 Å². The van der Waals surface area contributed by atoms with Crippen molar-refractivity contribution in [2.45, 2.75) is 50.1 Å². The van der Waals surface area contributed by atoms with Crippen molar-refractivity contribution in [2.75, 3.05) is 0 Å². The number of carboxylic acids is 1. The molecular formula is C29H29N5O4S. The van der Waals surface area contributed by atoms with Crippen molar-refractivity contribution in [3.63, 3.8) is 0 Å². The van der Waals surface area contributed by atoms with Crippen LogP contribution >= 0.6 is 11.8 Å². The van der Waals surface area contributed by atoms with Gasteiger partial charge >= 0.3 is 5.97 Å². The third kappa shape index (κ3) is 5.04. The molecule has 2 aromatic heterocycles. The molecule has 1 aliphatic carbocycles. The molecular weight excluding hydrogens is 514 g/mol. The van der Waals surface area contributed by atoms with E-state index in [1.165, 1.54) is 11.8 Å². The van der Waals surface area contributed by atoms with Crippen LogP contribution in [0.3, 0.4) is 0 Å². The quantitative estimate of drug-likeness (QED) is 0.203. The molecule has 2 aromatic carbocycles. The summed E-state index contributed by atoms with van der Waals surface area (Å²) in [5, 5.41) is 31.3. The maximum Gasteiger partial charge on any atom is 0.336 e. The number of aryl methyl sites for hydroxylation is 1. The molecule has 4 aromatic rings. The molecule has 0 bridgehead atoms. The predicted octanol–water partition coefficient (Wildman–Crippen LogP) is 6.66. The normalized spacial score (nSPS) is 16.4. The minimum Gasteiger partial charge on any atom is -0.478 e. The van der Waals surface area contributed by atoms with E-state index in [4.69, 9.17) is 4.98 Å².